The lowest BCUT2D eigenvalue weighted by atomic mass is 10.3. The van der Waals surface area contributed by atoms with Crippen molar-refractivity contribution in [1.82, 2.24) is 13.9 Å². The molecule has 2 rings (SSSR count). The second kappa shape index (κ2) is 10.6. The van der Waals surface area contributed by atoms with Crippen molar-refractivity contribution in [2.75, 3.05) is 19.7 Å². The van der Waals surface area contributed by atoms with Gasteiger partial charge in [0, 0.05) is 19.1 Å². The quantitative estimate of drug-likeness (QED) is 0.282. The van der Waals surface area contributed by atoms with Gasteiger partial charge in [-0.2, -0.15) is 4.31 Å². The summed E-state index contributed by atoms with van der Waals surface area (Å²) in [6.07, 6.45) is 1.81. The van der Waals surface area contributed by atoms with Crippen LogP contribution in [0, 0.1) is 0 Å². The molecule has 0 unspecified atom stereocenters. The molecule has 9 heteroatoms. The molecule has 30 heavy (non-hydrogen) atoms. The van der Waals surface area contributed by atoms with Crippen molar-refractivity contribution in [3.05, 3.63) is 18.2 Å². The summed E-state index contributed by atoms with van der Waals surface area (Å²) in [5.74, 6) is -0.263. The zero-order valence-corrected chi connectivity index (χ0v) is 20.3. The molecule has 0 N–H and O–H groups in total. The first kappa shape index (κ1) is 24.7. The Morgan fingerprint density at radius 3 is 2.43 bits per heavy atom. The Labute approximate surface area is 184 Å². The van der Waals surface area contributed by atoms with E-state index in [2.05, 4.69) is 4.98 Å². The summed E-state index contributed by atoms with van der Waals surface area (Å²) in [5, 5.41) is 0.271. The minimum atomic E-state index is -3.56. The molecule has 1 aromatic carbocycles. The molecule has 0 saturated carbocycles. The molecule has 1 atom stereocenters. The van der Waals surface area contributed by atoms with E-state index < -0.39 is 15.3 Å². The lowest BCUT2D eigenvalue weighted by Gasteiger charge is -2.18. The number of nitrogens with zero attached hydrogens (tertiary/aromatic N) is 3. The molecule has 1 aromatic heterocycles. The number of thioether (sulfide) groups is 1. The molecule has 168 valence electrons. The second-order valence-electron chi connectivity index (χ2n) is 7.38. The predicted octanol–water partition coefficient (Wildman–Crippen LogP) is 4.47. The van der Waals surface area contributed by atoms with Crippen LogP contribution in [0.4, 0.5) is 0 Å². The van der Waals surface area contributed by atoms with Crippen LogP contribution >= 0.6 is 11.8 Å². The molecule has 0 bridgehead atoms. The van der Waals surface area contributed by atoms with Crippen LogP contribution in [0.2, 0.25) is 0 Å². The largest absolute Gasteiger partial charge is 0.465 e. The minimum Gasteiger partial charge on any atom is -0.465 e. The van der Waals surface area contributed by atoms with E-state index in [4.69, 9.17) is 4.74 Å². The first-order chi connectivity index (χ1) is 14.2. The maximum atomic E-state index is 12.9. The van der Waals surface area contributed by atoms with Crippen molar-refractivity contribution in [2.24, 2.45) is 0 Å². The van der Waals surface area contributed by atoms with E-state index in [-0.39, 0.29) is 16.9 Å². The molecule has 0 aliphatic rings. The molecular weight excluding hydrogens is 422 g/mol. The highest BCUT2D eigenvalue weighted by molar-refractivity contribution is 8.00. The number of carbonyl (C=O) groups excluding carboxylic acids is 1. The van der Waals surface area contributed by atoms with Crippen LogP contribution in [0.3, 0.4) is 0 Å². The Bertz CT molecular complexity index is 966. The number of sulfonamides is 1. The number of hydrogen-bond acceptors (Lipinski definition) is 6. The standard InChI is InChI=1S/C21H33N3O4S2/c1-7-10-13-28-20(25)16(6)29-21-22-18-14-17(30(26,27)23(8-2)9-3)11-12-19(18)24(21)15(4)5/h11-12,14-16H,7-10,13H2,1-6H3/t16-/m0/s1. The highest BCUT2D eigenvalue weighted by Crippen LogP contribution is 2.32. The van der Waals surface area contributed by atoms with Gasteiger partial charge in [0.2, 0.25) is 10.0 Å². The van der Waals surface area contributed by atoms with Crippen molar-refractivity contribution in [1.29, 1.82) is 0 Å². The van der Waals surface area contributed by atoms with Gasteiger partial charge in [-0.25, -0.2) is 13.4 Å². The third-order valence-corrected chi connectivity index (χ3v) is 7.94. The summed E-state index contributed by atoms with van der Waals surface area (Å²) in [4.78, 5) is 17.2. The summed E-state index contributed by atoms with van der Waals surface area (Å²) >= 11 is 1.34. The monoisotopic (exact) mass is 455 g/mol. The lowest BCUT2D eigenvalue weighted by Crippen LogP contribution is -2.30. The van der Waals surface area contributed by atoms with Crippen LogP contribution in [0.1, 0.15) is 60.4 Å². The van der Waals surface area contributed by atoms with E-state index in [9.17, 15) is 13.2 Å². The summed E-state index contributed by atoms with van der Waals surface area (Å²) in [7, 11) is -3.56. The molecule has 2 aromatic rings. The van der Waals surface area contributed by atoms with Crippen molar-refractivity contribution in [3.8, 4) is 0 Å². The smallest absolute Gasteiger partial charge is 0.319 e. The number of rotatable bonds is 11. The minimum absolute atomic E-state index is 0.103. The normalized spacial score (nSPS) is 13.3. The zero-order chi connectivity index (χ0) is 22.5. The average Bonchev–Trinajstić information content (AvgIpc) is 3.05. The summed E-state index contributed by atoms with van der Waals surface area (Å²) in [6.45, 7) is 12.8. The number of carbonyl (C=O) groups is 1. The van der Waals surface area contributed by atoms with Gasteiger partial charge in [0.25, 0.3) is 0 Å². The van der Waals surface area contributed by atoms with Crippen molar-refractivity contribution in [2.45, 2.75) is 75.7 Å². The number of esters is 1. The topological polar surface area (TPSA) is 81.5 Å². The van der Waals surface area contributed by atoms with Gasteiger partial charge < -0.3 is 9.30 Å². The van der Waals surface area contributed by atoms with Gasteiger partial charge >= 0.3 is 5.97 Å². The molecule has 0 aliphatic carbocycles. The number of benzene rings is 1. The molecule has 0 radical (unpaired) electrons. The van der Waals surface area contributed by atoms with E-state index in [1.807, 2.05) is 39.2 Å². The van der Waals surface area contributed by atoms with Gasteiger partial charge in [0.15, 0.2) is 5.16 Å². The van der Waals surface area contributed by atoms with Gasteiger partial charge in [-0.1, -0.05) is 39.0 Å². The molecule has 0 aliphatic heterocycles. The summed E-state index contributed by atoms with van der Waals surface area (Å²) < 4.78 is 34.5. The van der Waals surface area contributed by atoms with Crippen molar-refractivity contribution < 1.29 is 17.9 Å². The molecule has 0 fully saturated rings. The maximum Gasteiger partial charge on any atom is 0.319 e. The van der Waals surface area contributed by atoms with E-state index >= 15 is 0 Å². The Morgan fingerprint density at radius 2 is 1.87 bits per heavy atom. The van der Waals surface area contributed by atoms with Crippen LogP contribution in [0.5, 0.6) is 0 Å². The van der Waals surface area contributed by atoms with Gasteiger partial charge in [0.1, 0.15) is 5.25 Å². The van der Waals surface area contributed by atoms with Crippen LogP contribution in [-0.4, -0.2) is 53.2 Å². The Morgan fingerprint density at radius 1 is 1.20 bits per heavy atom. The fourth-order valence-corrected chi connectivity index (χ4v) is 5.69. The molecule has 0 amide bonds. The third-order valence-electron chi connectivity index (χ3n) is 4.84. The van der Waals surface area contributed by atoms with E-state index in [0.717, 1.165) is 18.4 Å². The Balaban J connectivity index is 2.39. The van der Waals surface area contributed by atoms with E-state index in [0.29, 0.717) is 30.4 Å². The molecule has 0 spiro atoms. The maximum absolute atomic E-state index is 12.9. The predicted molar refractivity (Wildman–Crippen MR) is 121 cm³/mol. The van der Waals surface area contributed by atoms with Crippen molar-refractivity contribution in [3.63, 3.8) is 0 Å². The third kappa shape index (κ3) is 5.36. The van der Waals surface area contributed by atoms with Gasteiger partial charge in [-0.3, -0.25) is 4.79 Å². The Kier molecular flexibility index (Phi) is 8.75. The van der Waals surface area contributed by atoms with E-state index in [1.165, 1.54) is 16.1 Å². The van der Waals surface area contributed by atoms with Crippen LogP contribution in [0.25, 0.3) is 11.0 Å². The Hall–Kier alpha value is -1.58. The number of imidazole rings is 1. The SMILES string of the molecule is CCCCOC(=O)[C@H](C)Sc1nc2cc(S(=O)(=O)N(CC)CC)ccc2n1C(C)C. The second-order valence-corrected chi connectivity index (χ2v) is 10.6. The van der Waals surface area contributed by atoms with Crippen LogP contribution < -0.4 is 0 Å². The number of unbranched alkanes of at least 4 members (excludes halogenated alkanes) is 1. The highest BCUT2D eigenvalue weighted by atomic mass is 32.2. The molecular formula is C21H33N3O4S2. The van der Waals surface area contributed by atoms with Gasteiger partial charge in [0.05, 0.1) is 22.5 Å². The van der Waals surface area contributed by atoms with E-state index in [1.54, 1.807) is 25.1 Å². The van der Waals surface area contributed by atoms with Crippen LogP contribution in [0.15, 0.2) is 28.3 Å². The first-order valence-corrected chi connectivity index (χ1v) is 12.8. The number of ether oxygens (including phenoxy) is 1. The zero-order valence-electron chi connectivity index (χ0n) is 18.7. The average molecular weight is 456 g/mol. The summed E-state index contributed by atoms with van der Waals surface area (Å²) in [6, 6.07) is 5.16. The van der Waals surface area contributed by atoms with Crippen LogP contribution in [-0.2, 0) is 19.6 Å². The number of hydrogen-bond donors (Lipinski definition) is 0. The fraction of sp³-hybridized carbons (Fsp3) is 0.619. The fourth-order valence-electron chi connectivity index (χ4n) is 3.15. The molecule has 1 heterocycles. The molecule has 7 nitrogen and oxygen atoms in total. The van der Waals surface area contributed by atoms with Gasteiger partial charge in [-0.05, 0) is 45.4 Å². The van der Waals surface area contributed by atoms with Gasteiger partial charge in [-0.15, -0.1) is 0 Å². The summed E-state index contributed by atoms with van der Waals surface area (Å²) in [5.41, 5.74) is 1.45. The first-order valence-electron chi connectivity index (χ1n) is 10.5. The molecule has 0 saturated heterocycles. The van der Waals surface area contributed by atoms with Crippen molar-refractivity contribution >= 4 is 38.8 Å². The number of fused-ring (bicyclic) bond motifs is 1. The lowest BCUT2D eigenvalue weighted by molar-refractivity contribution is -0.142. The highest BCUT2D eigenvalue weighted by Gasteiger charge is 2.25. The number of aromatic nitrogens is 2.